The molecule has 3 nitrogen and oxygen atoms in total. The van der Waals surface area contributed by atoms with Crippen LogP contribution in [0.25, 0.3) is 152 Å². The van der Waals surface area contributed by atoms with Crippen molar-refractivity contribution in [2.45, 2.75) is 52.4 Å². The Morgan fingerprint density at radius 3 is 0.729 bits per heavy atom. The van der Waals surface area contributed by atoms with Crippen molar-refractivity contribution < 1.29 is 9.90 Å². The van der Waals surface area contributed by atoms with Crippen LogP contribution in [-0.2, 0) is 10.8 Å². The van der Waals surface area contributed by atoms with Crippen LogP contribution >= 0.6 is 0 Å². The minimum absolute atomic E-state index is 0.0101. The summed E-state index contributed by atoms with van der Waals surface area (Å²) < 4.78 is 0. The van der Waals surface area contributed by atoms with Crippen LogP contribution in [0.1, 0.15) is 63.0 Å². The fourth-order valence-electron chi connectivity index (χ4n) is 13.3. The van der Waals surface area contributed by atoms with Crippen molar-refractivity contribution in [3.63, 3.8) is 0 Å². The minimum atomic E-state index is -0.984. The summed E-state index contributed by atoms with van der Waals surface area (Å²) in [7, 11) is 0. The molecule has 21 rings (SSSR count). The Labute approximate surface area is 626 Å². The van der Waals surface area contributed by atoms with Crippen LogP contribution < -0.4 is 0 Å². The quantitative estimate of drug-likeness (QED) is 0.187. The van der Waals surface area contributed by atoms with Crippen molar-refractivity contribution in [3.8, 4) is 44.5 Å². The van der Waals surface area contributed by atoms with E-state index in [1.807, 2.05) is 122 Å². The van der Waals surface area contributed by atoms with Crippen LogP contribution in [0, 0.1) is 72.8 Å². The molecule has 0 amide bonds. The molecule has 0 saturated carbocycles. The van der Waals surface area contributed by atoms with Gasteiger partial charge in [-0.1, -0.05) is 248 Å². The highest BCUT2D eigenvalue weighted by molar-refractivity contribution is 6.13. The molecule has 1 N–H and O–H groups in total. The zero-order valence-corrected chi connectivity index (χ0v) is 60.3. The molecule has 20 aromatic carbocycles. The Morgan fingerprint density at radius 2 is 0.486 bits per heavy atom. The lowest BCUT2D eigenvalue weighted by atomic mass is 9.85. The minimum Gasteiger partial charge on any atom is -0.478 e. The van der Waals surface area contributed by atoms with Gasteiger partial charge in [0, 0.05) is 77.0 Å². The van der Waals surface area contributed by atoms with Crippen molar-refractivity contribution >= 4 is 114 Å². The Balaban J connectivity index is 0.892. The van der Waals surface area contributed by atoms with Gasteiger partial charge >= 0.3 is 5.97 Å². The fraction of sp³-hybridized carbons (Fsp3) is 0.0769. The van der Waals surface area contributed by atoms with Crippen molar-refractivity contribution in [1.29, 1.82) is 0 Å². The summed E-state index contributed by atoms with van der Waals surface area (Å²) in [5.41, 5.74) is 11.1. The first kappa shape index (κ1) is 68.6. The largest absolute Gasteiger partial charge is 0.478 e. The van der Waals surface area contributed by atoms with E-state index in [4.69, 9.17) is 0 Å². The zero-order chi connectivity index (χ0) is 73.4. The summed E-state index contributed by atoms with van der Waals surface area (Å²) in [6.07, 6.45) is 3.72. The lowest BCUT2D eigenvalue weighted by molar-refractivity contribution is 0.0696. The predicted molar refractivity (Wildman–Crippen MR) is 446 cm³/mol. The lowest BCUT2D eigenvalue weighted by Crippen LogP contribution is -2.10. The maximum absolute atomic E-state index is 12.3. The van der Waals surface area contributed by atoms with Gasteiger partial charge < -0.3 is 5.11 Å². The maximum Gasteiger partial charge on any atom is 0.335 e. The SMILES string of the molecule is CC(C)(C)c1ccc(-c2cc3c(-c4ccncc4)c(c2)c2ccc(c#cc4cccc(c#cc5cccc(c#cc6ccc(cc6)c6cc(-c7ccc(C(C)(C)C)cc7)cc(c6-c6ccc(C(=O)O)cc6)c6ccc(c#cc7cccc(c#cc8cccc(c#cc9ccc3cc9)c8)c7)cc6)c5)c4)cc2)cc1. The molecule has 21 aromatic rings. The first-order valence-corrected chi connectivity index (χ1v) is 35.8. The molecule has 0 unspecified atom stereocenters. The molecule has 504 valence electrons. The lowest BCUT2D eigenvalue weighted by Gasteiger charge is -2.19. The van der Waals surface area contributed by atoms with E-state index in [0.717, 1.165) is 152 Å². The summed E-state index contributed by atoms with van der Waals surface area (Å²) in [5, 5.41) is 28.6. The number of nitrogens with zero attached hydrogens (tertiary/aromatic N) is 1. The monoisotopic (exact) mass is 1370 g/mol. The highest BCUT2D eigenvalue weighted by atomic mass is 16.4. The van der Waals surface area contributed by atoms with E-state index in [9.17, 15) is 9.90 Å². The Kier molecular flexibility index (Phi) is 19.3. The molecule has 0 aliphatic carbocycles. The van der Waals surface area contributed by atoms with E-state index >= 15 is 0 Å². The molecule has 0 aliphatic rings. The number of pyridine rings is 1. The van der Waals surface area contributed by atoms with Gasteiger partial charge in [-0.15, -0.1) is 0 Å². The molecular weight excluding hydrogens is 1300 g/mol. The first-order chi connectivity index (χ1) is 52.0. The molecule has 107 heavy (non-hydrogen) atoms. The number of rotatable bonds is 5. The number of carboxylic acids is 1. The van der Waals surface area contributed by atoms with E-state index in [1.165, 1.54) is 11.1 Å². The topological polar surface area (TPSA) is 50.2 Å². The van der Waals surface area contributed by atoms with Crippen molar-refractivity contribution in [2.24, 2.45) is 0 Å². The average Bonchev–Trinajstić information content (AvgIpc) is 0.764. The summed E-state index contributed by atoms with van der Waals surface area (Å²) in [4.78, 5) is 16.7. The number of hydrogen-bond acceptors (Lipinski definition) is 2. The van der Waals surface area contributed by atoms with E-state index in [-0.39, 0.29) is 16.4 Å². The molecule has 0 atom stereocenters. The van der Waals surface area contributed by atoms with Crippen molar-refractivity contribution in [3.05, 3.63) is 405 Å². The van der Waals surface area contributed by atoms with Gasteiger partial charge in [-0.05, 0) is 279 Å². The van der Waals surface area contributed by atoms with Gasteiger partial charge in [-0.2, -0.15) is 0 Å². The van der Waals surface area contributed by atoms with E-state index < -0.39 is 5.97 Å². The molecule has 20 bridgehead atoms. The number of benzene rings is 13. The van der Waals surface area contributed by atoms with Gasteiger partial charge in [0.25, 0.3) is 0 Å². The number of carbonyl (C=O) groups is 1. The molecule has 0 aliphatic heterocycles. The summed E-state index contributed by atoms with van der Waals surface area (Å²) >= 11 is 0. The second-order valence-corrected chi connectivity index (χ2v) is 28.8. The maximum atomic E-state index is 12.3. The highest BCUT2D eigenvalue weighted by Crippen LogP contribution is 2.41. The van der Waals surface area contributed by atoms with Gasteiger partial charge in [-0.3, -0.25) is 4.98 Å². The number of aromatic nitrogens is 1. The van der Waals surface area contributed by atoms with Crippen LogP contribution in [0.3, 0.4) is 0 Å². The summed E-state index contributed by atoms with van der Waals surface area (Å²) in [5.74, 6) is -0.984. The molecular formula is C104H71NO2. The van der Waals surface area contributed by atoms with Crippen LogP contribution in [0.5, 0.6) is 0 Å². The van der Waals surface area contributed by atoms with Gasteiger partial charge in [0.1, 0.15) is 0 Å². The number of carboxylic acid groups (broad SMARTS) is 1. The smallest absolute Gasteiger partial charge is 0.335 e. The van der Waals surface area contributed by atoms with Gasteiger partial charge in [-0.25, -0.2) is 4.79 Å². The van der Waals surface area contributed by atoms with E-state index in [0.29, 0.717) is 0 Å². The van der Waals surface area contributed by atoms with Crippen LogP contribution in [0.4, 0.5) is 0 Å². The molecule has 0 radical (unpaired) electrons. The van der Waals surface area contributed by atoms with E-state index in [1.54, 1.807) is 12.1 Å². The molecule has 1 aromatic heterocycles. The normalized spacial score (nSPS) is 10.9. The van der Waals surface area contributed by atoms with Gasteiger partial charge in [0.15, 0.2) is 0 Å². The molecule has 1 heterocycles. The fourth-order valence-corrected chi connectivity index (χ4v) is 13.3. The van der Waals surface area contributed by atoms with Gasteiger partial charge in [0.05, 0.1) is 5.56 Å². The Bertz CT molecular complexity index is 6100. The van der Waals surface area contributed by atoms with Gasteiger partial charge in [0.2, 0.25) is 0 Å². The second-order valence-electron chi connectivity index (χ2n) is 28.8. The number of aromatic carboxylic acids is 1. The molecule has 0 spiro atoms. The number of hydrogen-bond donors (Lipinski definition) is 1. The van der Waals surface area contributed by atoms with Crippen LogP contribution in [0.15, 0.2) is 316 Å². The Hall–Kier alpha value is -14.2. The third kappa shape index (κ3) is 16.2. The third-order valence-corrected chi connectivity index (χ3v) is 19.2. The summed E-state index contributed by atoms with van der Waals surface area (Å²) in [6.45, 7) is 13.4. The third-order valence-electron chi connectivity index (χ3n) is 19.2. The molecule has 0 fully saturated rings. The van der Waals surface area contributed by atoms with Crippen molar-refractivity contribution in [1.82, 2.24) is 4.98 Å². The van der Waals surface area contributed by atoms with Crippen molar-refractivity contribution in [2.75, 3.05) is 0 Å². The standard InChI is InChI=1S/C104H71NO2/c1-103(2,3)94-55-51-83(52-56-94)92-67-96-85-39-31-71(32-40-85)19-23-75-11-7-15-79(63-75)27-29-81-17-9-13-77(65-81)25-21-73-35-43-87(44-36-73)98-69-93(84-53-57-95(58-54-84)104(4,5)6)70-99(101(98)90-59-61-105-62-60-90)88-45-37-74(38-46-88)22-26-78-14-10-18-82(66-78)30-28-80-16-8-12-76(64-80)24-20-72-33-41-86(42-34-72)97(68-92)100(96)89-47-49-91(50-48-89)102(106)107/h7-18,31-70H,1-6H3,(H,106,107). The zero-order valence-electron chi connectivity index (χ0n) is 60.3. The summed E-state index contributed by atoms with van der Waals surface area (Å²) in [6, 6.07) is 145. The first-order valence-electron chi connectivity index (χ1n) is 35.8. The Morgan fingerprint density at radius 1 is 0.252 bits per heavy atom. The van der Waals surface area contributed by atoms with E-state index in [2.05, 4.69) is 301 Å². The highest BCUT2D eigenvalue weighted by Gasteiger charge is 2.18. The average molecular weight is 1370 g/mol. The van der Waals surface area contributed by atoms with Crippen LogP contribution in [-0.4, -0.2) is 16.1 Å². The molecule has 3 heteroatoms. The predicted octanol–water partition coefficient (Wildman–Crippen LogP) is 26.5. The van der Waals surface area contributed by atoms with Crippen LogP contribution in [0.2, 0.25) is 0 Å². The second kappa shape index (κ2) is 30.0. The molecule has 0 saturated heterocycles.